The second-order valence-electron chi connectivity index (χ2n) is 6.25. The van der Waals surface area contributed by atoms with Gasteiger partial charge in [0.15, 0.2) is 5.76 Å². The molecule has 5 nitrogen and oxygen atoms in total. The Hall–Kier alpha value is -3.05. The standard InChI is InChI=1S/C21H19ClN2O3/c1-14-8-9-16(12-18(14)23-20(25)19-7-4-10-27-19)21(26)24(2)13-15-5-3-6-17(22)11-15/h3-12H,13H2,1-2H3,(H,23,25). The zero-order chi connectivity index (χ0) is 19.4. The van der Waals surface area contributed by atoms with Gasteiger partial charge in [0.2, 0.25) is 0 Å². The molecule has 27 heavy (non-hydrogen) atoms. The first kappa shape index (κ1) is 18.7. The summed E-state index contributed by atoms with van der Waals surface area (Å²) < 4.78 is 5.10. The summed E-state index contributed by atoms with van der Waals surface area (Å²) >= 11 is 6.00. The number of furan rings is 1. The largest absolute Gasteiger partial charge is 0.459 e. The second kappa shape index (κ2) is 8.10. The number of hydrogen-bond donors (Lipinski definition) is 1. The van der Waals surface area contributed by atoms with Crippen LogP contribution >= 0.6 is 11.6 Å². The minimum Gasteiger partial charge on any atom is -0.459 e. The lowest BCUT2D eigenvalue weighted by Crippen LogP contribution is -2.26. The van der Waals surface area contributed by atoms with Crippen LogP contribution in [0.5, 0.6) is 0 Å². The van der Waals surface area contributed by atoms with Crippen molar-refractivity contribution < 1.29 is 14.0 Å². The van der Waals surface area contributed by atoms with Gasteiger partial charge in [0.05, 0.1) is 6.26 Å². The topological polar surface area (TPSA) is 62.6 Å². The number of rotatable bonds is 5. The highest BCUT2D eigenvalue weighted by molar-refractivity contribution is 6.30. The summed E-state index contributed by atoms with van der Waals surface area (Å²) in [6.45, 7) is 2.29. The maximum absolute atomic E-state index is 12.8. The first-order chi connectivity index (χ1) is 12.9. The van der Waals surface area contributed by atoms with Gasteiger partial charge in [0.25, 0.3) is 11.8 Å². The number of halogens is 1. The van der Waals surface area contributed by atoms with E-state index in [4.69, 9.17) is 16.0 Å². The third-order valence-electron chi connectivity index (χ3n) is 4.13. The Morgan fingerprint density at radius 2 is 1.93 bits per heavy atom. The quantitative estimate of drug-likeness (QED) is 0.691. The number of nitrogens with zero attached hydrogens (tertiary/aromatic N) is 1. The summed E-state index contributed by atoms with van der Waals surface area (Å²) in [5.74, 6) is -0.298. The normalized spacial score (nSPS) is 10.5. The van der Waals surface area contributed by atoms with Crippen LogP contribution in [0.25, 0.3) is 0 Å². The van der Waals surface area contributed by atoms with E-state index in [9.17, 15) is 9.59 Å². The van der Waals surface area contributed by atoms with Gasteiger partial charge in [-0.1, -0.05) is 29.8 Å². The minimum absolute atomic E-state index is 0.150. The molecule has 0 bridgehead atoms. The molecule has 0 saturated heterocycles. The number of anilines is 1. The molecule has 1 heterocycles. The highest BCUT2D eigenvalue weighted by Crippen LogP contribution is 2.20. The van der Waals surface area contributed by atoms with Crippen LogP contribution in [0.2, 0.25) is 5.02 Å². The Kier molecular flexibility index (Phi) is 5.62. The molecular formula is C21H19ClN2O3. The number of hydrogen-bond acceptors (Lipinski definition) is 3. The zero-order valence-electron chi connectivity index (χ0n) is 15.0. The molecule has 138 valence electrons. The first-order valence-corrected chi connectivity index (χ1v) is 8.77. The molecule has 3 rings (SSSR count). The Morgan fingerprint density at radius 3 is 2.63 bits per heavy atom. The molecule has 0 radical (unpaired) electrons. The van der Waals surface area contributed by atoms with Crippen molar-refractivity contribution in [3.05, 3.63) is 88.3 Å². The lowest BCUT2D eigenvalue weighted by Gasteiger charge is -2.18. The first-order valence-electron chi connectivity index (χ1n) is 8.39. The molecule has 0 fully saturated rings. The molecule has 0 spiro atoms. The van der Waals surface area contributed by atoms with Crippen LogP contribution in [0.15, 0.2) is 65.3 Å². The summed E-state index contributed by atoms with van der Waals surface area (Å²) in [4.78, 5) is 26.6. The summed E-state index contributed by atoms with van der Waals surface area (Å²) in [5.41, 5.74) is 2.85. The van der Waals surface area contributed by atoms with E-state index in [0.29, 0.717) is 22.8 Å². The van der Waals surface area contributed by atoms with E-state index in [1.54, 1.807) is 48.3 Å². The van der Waals surface area contributed by atoms with Crippen molar-refractivity contribution in [3.63, 3.8) is 0 Å². The molecular weight excluding hydrogens is 364 g/mol. The molecule has 6 heteroatoms. The summed E-state index contributed by atoms with van der Waals surface area (Å²) in [7, 11) is 1.73. The Bertz CT molecular complexity index is 967. The second-order valence-corrected chi connectivity index (χ2v) is 6.69. The summed E-state index contributed by atoms with van der Waals surface area (Å²) in [6.07, 6.45) is 1.44. The molecule has 0 aliphatic heterocycles. The van der Waals surface area contributed by atoms with E-state index in [0.717, 1.165) is 11.1 Å². The zero-order valence-corrected chi connectivity index (χ0v) is 15.8. The van der Waals surface area contributed by atoms with Crippen LogP contribution in [-0.4, -0.2) is 23.8 Å². The smallest absolute Gasteiger partial charge is 0.291 e. The van der Waals surface area contributed by atoms with E-state index in [2.05, 4.69) is 5.32 Å². The number of amides is 2. The predicted octanol–water partition coefficient (Wildman–Crippen LogP) is 4.77. The van der Waals surface area contributed by atoms with Crippen LogP contribution < -0.4 is 5.32 Å². The molecule has 2 aromatic carbocycles. The molecule has 1 aromatic heterocycles. The molecule has 0 saturated carbocycles. The number of benzene rings is 2. The van der Waals surface area contributed by atoms with E-state index in [1.165, 1.54) is 6.26 Å². The van der Waals surface area contributed by atoms with E-state index in [-0.39, 0.29) is 17.6 Å². The van der Waals surface area contributed by atoms with Crippen molar-refractivity contribution in [2.45, 2.75) is 13.5 Å². The highest BCUT2D eigenvalue weighted by Gasteiger charge is 2.16. The number of aryl methyl sites for hydroxylation is 1. The lowest BCUT2D eigenvalue weighted by atomic mass is 10.1. The van der Waals surface area contributed by atoms with E-state index < -0.39 is 0 Å². The molecule has 0 aliphatic carbocycles. The Morgan fingerprint density at radius 1 is 1.11 bits per heavy atom. The van der Waals surface area contributed by atoms with Crippen LogP contribution in [0.1, 0.15) is 32.0 Å². The van der Waals surface area contributed by atoms with Crippen molar-refractivity contribution in [2.75, 3.05) is 12.4 Å². The maximum atomic E-state index is 12.8. The van der Waals surface area contributed by atoms with Gasteiger partial charge in [-0.2, -0.15) is 0 Å². The van der Waals surface area contributed by atoms with Crippen molar-refractivity contribution in [1.82, 2.24) is 4.90 Å². The fourth-order valence-corrected chi connectivity index (χ4v) is 2.90. The third kappa shape index (κ3) is 4.57. The van der Waals surface area contributed by atoms with Crippen molar-refractivity contribution >= 4 is 29.1 Å². The van der Waals surface area contributed by atoms with Gasteiger partial charge in [-0.25, -0.2) is 0 Å². The van der Waals surface area contributed by atoms with Gasteiger partial charge in [-0.05, 0) is 54.4 Å². The molecule has 1 N–H and O–H groups in total. The van der Waals surface area contributed by atoms with Crippen LogP contribution in [0, 0.1) is 6.92 Å². The van der Waals surface area contributed by atoms with Gasteiger partial charge >= 0.3 is 0 Å². The van der Waals surface area contributed by atoms with Crippen LogP contribution in [0.3, 0.4) is 0 Å². The Labute approximate surface area is 162 Å². The monoisotopic (exact) mass is 382 g/mol. The van der Waals surface area contributed by atoms with Crippen LogP contribution in [0.4, 0.5) is 5.69 Å². The van der Waals surface area contributed by atoms with Crippen LogP contribution in [-0.2, 0) is 6.54 Å². The molecule has 0 atom stereocenters. The van der Waals surface area contributed by atoms with E-state index >= 15 is 0 Å². The molecule has 0 unspecified atom stereocenters. The fraction of sp³-hybridized carbons (Fsp3) is 0.143. The summed E-state index contributed by atoms with van der Waals surface area (Å²) in [5, 5.41) is 3.41. The highest BCUT2D eigenvalue weighted by atomic mass is 35.5. The Balaban J connectivity index is 1.76. The van der Waals surface area contributed by atoms with Crippen molar-refractivity contribution in [2.24, 2.45) is 0 Å². The molecule has 2 amide bonds. The SMILES string of the molecule is Cc1ccc(C(=O)N(C)Cc2cccc(Cl)c2)cc1NC(=O)c1ccco1. The fourth-order valence-electron chi connectivity index (χ4n) is 2.68. The molecule has 3 aromatic rings. The number of nitrogens with one attached hydrogen (secondary N) is 1. The molecule has 0 aliphatic rings. The van der Waals surface area contributed by atoms with Gasteiger partial charge in [-0.3, -0.25) is 9.59 Å². The minimum atomic E-state index is -0.361. The van der Waals surface area contributed by atoms with Crippen molar-refractivity contribution in [1.29, 1.82) is 0 Å². The number of carbonyl (C=O) groups excluding carboxylic acids is 2. The van der Waals surface area contributed by atoms with Crippen molar-refractivity contribution in [3.8, 4) is 0 Å². The lowest BCUT2D eigenvalue weighted by molar-refractivity contribution is 0.0784. The van der Waals surface area contributed by atoms with Gasteiger partial charge in [0.1, 0.15) is 0 Å². The maximum Gasteiger partial charge on any atom is 0.291 e. The average molecular weight is 383 g/mol. The number of carbonyl (C=O) groups is 2. The van der Waals surface area contributed by atoms with Gasteiger partial charge in [-0.15, -0.1) is 0 Å². The average Bonchev–Trinajstić information content (AvgIpc) is 3.18. The third-order valence-corrected chi connectivity index (χ3v) is 4.37. The summed E-state index contributed by atoms with van der Waals surface area (Å²) in [6, 6.07) is 15.8. The van der Waals surface area contributed by atoms with Gasteiger partial charge < -0.3 is 14.6 Å². The van der Waals surface area contributed by atoms with E-state index in [1.807, 2.05) is 25.1 Å². The predicted molar refractivity (Wildman–Crippen MR) is 105 cm³/mol. The van der Waals surface area contributed by atoms with Gasteiger partial charge in [0, 0.05) is 29.9 Å².